The van der Waals surface area contributed by atoms with Crippen LogP contribution in [0.4, 0.5) is 0 Å². The molecule has 1 aliphatic rings. The molecule has 6 heteroatoms. The van der Waals surface area contributed by atoms with Crippen LogP contribution in [0.2, 0.25) is 0 Å². The first-order valence-corrected chi connectivity index (χ1v) is 8.02. The summed E-state index contributed by atoms with van der Waals surface area (Å²) in [4.78, 5) is 14.1. The minimum atomic E-state index is -0.357. The molecule has 1 aromatic carbocycles. The highest BCUT2D eigenvalue weighted by Crippen LogP contribution is 2.28. The molecule has 0 radical (unpaired) electrons. The van der Waals surface area contributed by atoms with Crippen LogP contribution in [-0.4, -0.2) is 64.0 Å². The number of rotatable bonds is 8. The van der Waals surface area contributed by atoms with Crippen LogP contribution in [-0.2, 0) is 9.47 Å². The number of esters is 1. The average Bonchev–Trinajstić information content (AvgIpc) is 2.60. The van der Waals surface area contributed by atoms with Crippen LogP contribution in [0.1, 0.15) is 23.7 Å². The zero-order chi connectivity index (χ0) is 16.5. The number of carbonyl (C=O) groups excluding carboxylic acids is 1. The van der Waals surface area contributed by atoms with Gasteiger partial charge in [-0.3, -0.25) is 4.90 Å². The molecule has 1 aliphatic heterocycles. The van der Waals surface area contributed by atoms with Crippen molar-refractivity contribution in [2.45, 2.75) is 13.3 Å². The highest BCUT2D eigenvalue weighted by atomic mass is 16.5. The number of nitrogens with zero attached hydrogens (tertiary/aromatic N) is 1. The molecule has 0 unspecified atom stereocenters. The van der Waals surface area contributed by atoms with E-state index in [1.165, 1.54) is 0 Å². The second-order valence-electron chi connectivity index (χ2n) is 5.24. The van der Waals surface area contributed by atoms with E-state index in [0.717, 1.165) is 39.3 Å². The van der Waals surface area contributed by atoms with Gasteiger partial charge in [-0.15, -0.1) is 0 Å². The minimum absolute atomic E-state index is 0.348. The smallest absolute Gasteiger partial charge is 0.338 e. The molecule has 128 valence electrons. The lowest BCUT2D eigenvalue weighted by Gasteiger charge is -2.26. The zero-order valence-electron chi connectivity index (χ0n) is 13.9. The topological polar surface area (TPSA) is 57.2 Å². The van der Waals surface area contributed by atoms with E-state index in [9.17, 15) is 4.79 Å². The molecule has 0 aromatic heterocycles. The molecule has 0 saturated carbocycles. The Morgan fingerprint density at radius 3 is 2.74 bits per heavy atom. The van der Waals surface area contributed by atoms with Crippen LogP contribution >= 0.6 is 0 Å². The molecule has 0 spiro atoms. The largest absolute Gasteiger partial charge is 0.493 e. The Kier molecular flexibility index (Phi) is 7.16. The second kappa shape index (κ2) is 9.37. The third-order valence-electron chi connectivity index (χ3n) is 3.65. The molecule has 1 aromatic rings. The summed E-state index contributed by atoms with van der Waals surface area (Å²) in [5.74, 6) is 0.828. The molecule has 6 nitrogen and oxygen atoms in total. The summed E-state index contributed by atoms with van der Waals surface area (Å²) in [6, 6.07) is 5.09. The molecule has 0 bridgehead atoms. The van der Waals surface area contributed by atoms with E-state index in [4.69, 9.17) is 18.9 Å². The molecular weight excluding hydrogens is 298 g/mol. The summed E-state index contributed by atoms with van der Waals surface area (Å²) in [5, 5.41) is 0. The van der Waals surface area contributed by atoms with Gasteiger partial charge >= 0.3 is 5.97 Å². The van der Waals surface area contributed by atoms with Crippen molar-refractivity contribution < 1.29 is 23.7 Å². The Labute approximate surface area is 137 Å². The Hall–Kier alpha value is -1.79. The Bertz CT molecular complexity index is 500. The number of methoxy groups -OCH3 is 1. The monoisotopic (exact) mass is 323 g/mol. The summed E-state index contributed by atoms with van der Waals surface area (Å²) in [7, 11) is 1.56. The molecule has 1 saturated heterocycles. The van der Waals surface area contributed by atoms with Crippen LogP contribution in [0, 0.1) is 0 Å². The molecule has 2 rings (SSSR count). The van der Waals surface area contributed by atoms with Crippen molar-refractivity contribution in [2.75, 3.05) is 53.2 Å². The normalized spacial score (nSPS) is 15.2. The first kappa shape index (κ1) is 17.6. The minimum Gasteiger partial charge on any atom is -0.493 e. The van der Waals surface area contributed by atoms with E-state index in [1.54, 1.807) is 32.2 Å². The Morgan fingerprint density at radius 1 is 1.26 bits per heavy atom. The highest BCUT2D eigenvalue weighted by Gasteiger charge is 2.13. The van der Waals surface area contributed by atoms with Gasteiger partial charge in [0, 0.05) is 19.6 Å². The first-order chi connectivity index (χ1) is 11.2. The number of hydrogen-bond donors (Lipinski definition) is 0. The van der Waals surface area contributed by atoms with Crippen molar-refractivity contribution >= 4 is 5.97 Å². The van der Waals surface area contributed by atoms with Gasteiger partial charge in [0.25, 0.3) is 0 Å². The quantitative estimate of drug-likeness (QED) is 0.538. The van der Waals surface area contributed by atoms with Gasteiger partial charge in [0.1, 0.15) is 0 Å². The summed E-state index contributed by atoms with van der Waals surface area (Å²) in [6.07, 6.45) is 0.933. The summed E-state index contributed by atoms with van der Waals surface area (Å²) in [6.45, 7) is 7.31. The molecule has 1 fully saturated rings. The van der Waals surface area contributed by atoms with Crippen LogP contribution in [0.25, 0.3) is 0 Å². The lowest BCUT2D eigenvalue weighted by atomic mass is 10.2. The maximum Gasteiger partial charge on any atom is 0.338 e. The van der Waals surface area contributed by atoms with Crippen LogP contribution < -0.4 is 9.47 Å². The van der Waals surface area contributed by atoms with Gasteiger partial charge in [0.2, 0.25) is 0 Å². The lowest BCUT2D eigenvalue weighted by Crippen LogP contribution is -2.37. The van der Waals surface area contributed by atoms with Crippen molar-refractivity contribution in [2.24, 2.45) is 0 Å². The molecule has 0 atom stereocenters. The molecule has 0 aliphatic carbocycles. The molecule has 1 heterocycles. The maximum atomic E-state index is 11.7. The van der Waals surface area contributed by atoms with Crippen molar-refractivity contribution in [3.8, 4) is 11.5 Å². The predicted molar refractivity (Wildman–Crippen MR) is 86.3 cm³/mol. The van der Waals surface area contributed by atoms with Crippen LogP contribution in [0.5, 0.6) is 11.5 Å². The van der Waals surface area contributed by atoms with Gasteiger partial charge in [-0.2, -0.15) is 0 Å². The zero-order valence-corrected chi connectivity index (χ0v) is 13.9. The van der Waals surface area contributed by atoms with E-state index in [1.807, 2.05) is 0 Å². The Balaban J connectivity index is 1.83. The van der Waals surface area contributed by atoms with Gasteiger partial charge in [-0.05, 0) is 31.5 Å². The standard InChI is InChI=1S/C17H25NO5/c1-3-22-17(19)14-5-6-15(16(13-14)20-2)23-10-4-7-18-8-11-21-12-9-18/h5-6,13H,3-4,7-12H2,1-2H3. The average molecular weight is 323 g/mol. The van der Waals surface area contributed by atoms with E-state index < -0.39 is 0 Å². The summed E-state index contributed by atoms with van der Waals surface area (Å²) >= 11 is 0. The van der Waals surface area contributed by atoms with Crippen LogP contribution in [0.3, 0.4) is 0 Å². The van der Waals surface area contributed by atoms with Gasteiger partial charge in [0.05, 0.1) is 39.1 Å². The van der Waals surface area contributed by atoms with Crippen LogP contribution in [0.15, 0.2) is 18.2 Å². The molecule has 0 amide bonds. The van der Waals surface area contributed by atoms with Crippen molar-refractivity contribution in [3.63, 3.8) is 0 Å². The molecule has 23 heavy (non-hydrogen) atoms. The molecule has 0 N–H and O–H groups in total. The maximum absolute atomic E-state index is 11.7. The number of hydrogen-bond acceptors (Lipinski definition) is 6. The van der Waals surface area contributed by atoms with Gasteiger partial charge in [-0.1, -0.05) is 0 Å². The van der Waals surface area contributed by atoms with Gasteiger partial charge in [-0.25, -0.2) is 4.79 Å². The number of benzene rings is 1. The lowest BCUT2D eigenvalue weighted by molar-refractivity contribution is 0.0357. The third kappa shape index (κ3) is 5.41. The van der Waals surface area contributed by atoms with E-state index in [0.29, 0.717) is 30.3 Å². The highest BCUT2D eigenvalue weighted by molar-refractivity contribution is 5.90. The van der Waals surface area contributed by atoms with Gasteiger partial charge < -0.3 is 18.9 Å². The van der Waals surface area contributed by atoms with E-state index in [-0.39, 0.29) is 5.97 Å². The molecular formula is C17H25NO5. The Morgan fingerprint density at radius 2 is 2.04 bits per heavy atom. The fraction of sp³-hybridized carbons (Fsp3) is 0.588. The van der Waals surface area contributed by atoms with E-state index >= 15 is 0 Å². The first-order valence-electron chi connectivity index (χ1n) is 8.02. The third-order valence-corrected chi connectivity index (χ3v) is 3.65. The second-order valence-corrected chi connectivity index (χ2v) is 5.24. The van der Waals surface area contributed by atoms with Crippen molar-refractivity contribution in [3.05, 3.63) is 23.8 Å². The number of carbonyl (C=O) groups is 1. The van der Waals surface area contributed by atoms with Crippen molar-refractivity contribution in [1.82, 2.24) is 4.90 Å². The fourth-order valence-electron chi connectivity index (χ4n) is 2.42. The van der Waals surface area contributed by atoms with Crippen molar-refractivity contribution in [1.29, 1.82) is 0 Å². The predicted octanol–water partition coefficient (Wildman–Crippen LogP) is 1.97. The SMILES string of the molecule is CCOC(=O)c1ccc(OCCCN2CCOCC2)c(OC)c1. The number of morpholine rings is 1. The fourth-order valence-corrected chi connectivity index (χ4v) is 2.42. The van der Waals surface area contributed by atoms with Gasteiger partial charge in [0.15, 0.2) is 11.5 Å². The summed E-state index contributed by atoms with van der Waals surface area (Å²) < 4.78 is 21.4. The number of ether oxygens (including phenoxy) is 4. The van der Waals surface area contributed by atoms with E-state index in [2.05, 4.69) is 4.90 Å². The summed E-state index contributed by atoms with van der Waals surface area (Å²) in [5.41, 5.74) is 0.462.